The lowest BCUT2D eigenvalue weighted by molar-refractivity contribution is -0.112. The van der Waals surface area contributed by atoms with Gasteiger partial charge in [0.05, 0.1) is 16.9 Å². The fraction of sp³-hybridized carbons (Fsp3) is 0.143. The molecule has 0 fully saturated rings. The molecule has 0 saturated carbocycles. The molecule has 0 amide bonds. The summed E-state index contributed by atoms with van der Waals surface area (Å²) in [6.45, 7) is 0. The number of carbonyl (C=O) groups excluding carboxylic acids is 1. The van der Waals surface area contributed by atoms with E-state index < -0.39 is 17.0 Å². The predicted octanol–water partition coefficient (Wildman–Crippen LogP) is 1.43. The third-order valence-electron chi connectivity index (χ3n) is 2.79. The Hall–Kier alpha value is -2.84. The highest BCUT2D eigenvalue weighted by Crippen LogP contribution is 2.11. The zero-order chi connectivity index (χ0) is 21.3. The Morgan fingerprint density at radius 3 is 2.32 bits per heavy atom. The number of aromatic amines is 1. The highest BCUT2D eigenvalue weighted by Gasteiger charge is 2.11. The van der Waals surface area contributed by atoms with Gasteiger partial charge in [0.15, 0.2) is 16.9 Å². The van der Waals surface area contributed by atoms with Crippen LogP contribution in [0.25, 0.3) is 5.65 Å². The normalized spacial score (nSPS) is 10.8. The van der Waals surface area contributed by atoms with Crippen molar-refractivity contribution in [2.45, 2.75) is 5.01 Å². The number of aromatic carboxylic acids is 2. The van der Waals surface area contributed by atoms with E-state index in [1.807, 2.05) is 0 Å². The average Bonchev–Trinajstić information content (AvgIpc) is 3.27. The van der Waals surface area contributed by atoms with Crippen LogP contribution in [0.5, 0.6) is 0 Å². The number of ether oxygens (including phenoxy) is 1. The molecule has 0 bridgehead atoms. The van der Waals surface area contributed by atoms with Gasteiger partial charge in [-0.3, -0.25) is 9.89 Å². The van der Waals surface area contributed by atoms with Gasteiger partial charge in [-0.2, -0.15) is 10.2 Å². The number of nitrogen functional groups attached to an aromatic ring is 1. The Morgan fingerprint density at radius 1 is 1.29 bits per heavy atom. The number of nitrogens with one attached hydrogen (secondary N) is 1. The number of methoxy groups -OCH3 is 1. The number of aldehydes is 1. The summed E-state index contributed by atoms with van der Waals surface area (Å²) in [5, 5.41) is 26.2. The highest BCUT2D eigenvalue weighted by molar-refractivity contribution is 9.10. The van der Waals surface area contributed by atoms with Crippen LogP contribution in [0.15, 0.2) is 29.3 Å². The van der Waals surface area contributed by atoms with E-state index >= 15 is 0 Å². The Bertz CT molecular complexity index is 959. The molecule has 3 heterocycles. The summed E-state index contributed by atoms with van der Waals surface area (Å²) in [6.07, 6.45) is 6.28. The number of fused-ring (bicyclic) bond motifs is 1. The lowest BCUT2D eigenvalue weighted by Gasteiger charge is -1.93. The number of rotatable bonds is 4. The van der Waals surface area contributed by atoms with Gasteiger partial charge in [-0.05, 0) is 31.9 Å². The van der Waals surface area contributed by atoms with Crippen LogP contribution in [0.4, 0.5) is 5.82 Å². The summed E-state index contributed by atoms with van der Waals surface area (Å²) in [5.74, 6) is -2.01. The Morgan fingerprint density at radius 2 is 1.93 bits per heavy atom. The van der Waals surface area contributed by atoms with Crippen LogP contribution in [0.3, 0.4) is 0 Å². The number of hydrogen-bond donors (Lipinski definition) is 4. The highest BCUT2D eigenvalue weighted by atomic mass is 79.9. The molecule has 0 radical (unpaired) electrons. The van der Waals surface area contributed by atoms with Crippen LogP contribution in [0, 0.1) is 0 Å². The second-order valence-electron chi connectivity index (χ2n) is 4.63. The largest absolute Gasteiger partial charge is 0.477 e. The van der Waals surface area contributed by atoms with Gasteiger partial charge < -0.3 is 20.7 Å². The van der Waals surface area contributed by atoms with Gasteiger partial charge in [-0.15, -0.1) is 0 Å². The summed E-state index contributed by atoms with van der Waals surface area (Å²) < 4.78 is 6.61. The van der Waals surface area contributed by atoms with Gasteiger partial charge in [-0.1, -0.05) is 0 Å². The number of nitrogens with two attached hydrogens (primary N) is 1. The van der Waals surface area contributed by atoms with Gasteiger partial charge in [-0.25, -0.2) is 19.1 Å². The van der Waals surface area contributed by atoms with Crippen molar-refractivity contribution in [3.8, 4) is 0 Å². The topological polar surface area (TPSA) is 186 Å². The van der Waals surface area contributed by atoms with E-state index in [0.29, 0.717) is 11.9 Å². The molecule has 1 atom stereocenters. The lowest BCUT2D eigenvalue weighted by Crippen LogP contribution is -1.99. The van der Waals surface area contributed by atoms with Gasteiger partial charge in [0, 0.05) is 19.5 Å². The summed E-state index contributed by atoms with van der Waals surface area (Å²) in [5.41, 5.74) is 5.60. The molecule has 0 aliphatic carbocycles. The first kappa shape index (κ1) is 23.2. The van der Waals surface area contributed by atoms with Crippen molar-refractivity contribution in [3.63, 3.8) is 0 Å². The molecule has 1 unspecified atom stereocenters. The zero-order valence-corrected chi connectivity index (χ0v) is 17.3. The summed E-state index contributed by atoms with van der Waals surface area (Å²) in [4.78, 5) is 34.3. The number of alkyl halides is 1. The predicted molar refractivity (Wildman–Crippen MR) is 103 cm³/mol. The first-order valence-electron chi connectivity index (χ1n) is 7.07. The fourth-order valence-electron chi connectivity index (χ4n) is 1.52. The van der Waals surface area contributed by atoms with Crippen molar-refractivity contribution >= 4 is 61.5 Å². The molecule has 3 aromatic heterocycles. The lowest BCUT2D eigenvalue weighted by atomic mass is 10.3. The number of nitrogens with zero attached hydrogens (tertiary/aromatic N) is 4. The van der Waals surface area contributed by atoms with E-state index in [0.717, 1.165) is 10.7 Å². The van der Waals surface area contributed by atoms with Crippen LogP contribution in [0.2, 0.25) is 0 Å². The van der Waals surface area contributed by atoms with Crippen molar-refractivity contribution in [1.82, 2.24) is 24.8 Å². The first-order chi connectivity index (χ1) is 13.2. The van der Waals surface area contributed by atoms with E-state index in [9.17, 15) is 14.4 Å². The maximum Gasteiger partial charge on any atom is 0.341 e. The van der Waals surface area contributed by atoms with Crippen LogP contribution in [-0.2, 0) is 9.53 Å². The zero-order valence-electron chi connectivity index (χ0n) is 14.1. The SMILES string of the molecule is COC(Br)C=O.Nc1[nH]ncc1C(=O)O.O=C(O)c1cnn2cc(Br)cnc12. The maximum absolute atomic E-state index is 10.7. The van der Waals surface area contributed by atoms with Crippen molar-refractivity contribution in [3.05, 3.63) is 40.4 Å². The Kier molecular flexibility index (Phi) is 9.20. The quantitative estimate of drug-likeness (QED) is 0.289. The number of carboxylic acids is 2. The van der Waals surface area contributed by atoms with Gasteiger partial charge in [0.25, 0.3) is 0 Å². The van der Waals surface area contributed by atoms with Crippen molar-refractivity contribution < 1.29 is 29.3 Å². The van der Waals surface area contributed by atoms with E-state index in [1.165, 1.54) is 24.0 Å². The molecule has 0 aromatic carbocycles. The number of hydrogen-bond acceptors (Lipinski definition) is 8. The van der Waals surface area contributed by atoms with Gasteiger partial charge in [0.2, 0.25) is 0 Å². The van der Waals surface area contributed by atoms with Crippen molar-refractivity contribution in [1.29, 1.82) is 0 Å². The van der Waals surface area contributed by atoms with Crippen molar-refractivity contribution in [2.75, 3.05) is 12.8 Å². The van der Waals surface area contributed by atoms with Crippen LogP contribution in [0.1, 0.15) is 20.7 Å². The molecule has 0 aliphatic rings. The molecule has 0 saturated heterocycles. The van der Waals surface area contributed by atoms with E-state index in [2.05, 4.69) is 56.9 Å². The van der Waals surface area contributed by atoms with E-state index in [-0.39, 0.29) is 16.9 Å². The van der Waals surface area contributed by atoms with E-state index in [1.54, 1.807) is 6.20 Å². The minimum Gasteiger partial charge on any atom is -0.477 e. The molecular formula is C14H14Br2N6O6. The van der Waals surface area contributed by atoms with Gasteiger partial charge in [0.1, 0.15) is 16.9 Å². The second-order valence-corrected chi connectivity index (χ2v) is 6.45. The molecule has 28 heavy (non-hydrogen) atoms. The van der Waals surface area contributed by atoms with Crippen molar-refractivity contribution in [2.24, 2.45) is 0 Å². The monoisotopic (exact) mass is 520 g/mol. The molecule has 150 valence electrons. The third kappa shape index (κ3) is 6.71. The number of aromatic nitrogens is 5. The number of halogens is 2. The molecule has 14 heteroatoms. The molecule has 0 spiro atoms. The third-order valence-corrected chi connectivity index (χ3v) is 3.79. The molecule has 3 rings (SSSR count). The summed E-state index contributed by atoms with van der Waals surface area (Å²) in [7, 11) is 1.45. The molecule has 3 aromatic rings. The van der Waals surface area contributed by atoms with Crippen LogP contribution in [-0.4, -0.2) is 65.4 Å². The van der Waals surface area contributed by atoms with Crippen LogP contribution < -0.4 is 5.73 Å². The second kappa shape index (κ2) is 11.1. The maximum atomic E-state index is 10.7. The molecule has 5 N–H and O–H groups in total. The molecule has 0 aliphatic heterocycles. The van der Waals surface area contributed by atoms with E-state index in [4.69, 9.17) is 15.9 Å². The smallest absolute Gasteiger partial charge is 0.341 e. The average molecular weight is 522 g/mol. The molecule has 12 nitrogen and oxygen atoms in total. The first-order valence-corrected chi connectivity index (χ1v) is 8.78. The van der Waals surface area contributed by atoms with Crippen LogP contribution >= 0.6 is 31.9 Å². The standard InChI is InChI=1S/C7H4BrN3O2.C4H5N3O2.C3H5BrO2/c8-4-1-9-6-5(7(12)13)2-10-11(6)3-4;5-3-2(4(8)9)1-6-7-3;1-6-3(4)2-5/h1-3H,(H,12,13);1H,(H,8,9)(H3,5,6,7);2-3H,1H3. The van der Waals surface area contributed by atoms with Gasteiger partial charge >= 0.3 is 11.9 Å². The number of H-pyrrole nitrogens is 1. The minimum atomic E-state index is -1.07. The summed E-state index contributed by atoms with van der Waals surface area (Å²) in [6, 6.07) is 0. The number of carboxylic acid groups (broad SMARTS) is 2. The molecular weight excluding hydrogens is 508 g/mol. The number of anilines is 1. The Labute approximate surface area is 174 Å². The summed E-state index contributed by atoms with van der Waals surface area (Å²) >= 11 is 6.09. The Balaban J connectivity index is 0.000000229. The fourth-order valence-corrected chi connectivity index (χ4v) is 1.82. The minimum absolute atomic E-state index is 0.00926. The number of carbonyl (C=O) groups is 3.